The number of nitrogens with one attached hydrogen (secondary N) is 1. The highest BCUT2D eigenvalue weighted by Gasteiger charge is 2.41. The molecule has 0 amide bonds. The maximum Gasteiger partial charge on any atom is 0.181 e. The van der Waals surface area contributed by atoms with Crippen LogP contribution >= 0.6 is 11.6 Å². The topological polar surface area (TPSA) is 47.6 Å². The van der Waals surface area contributed by atoms with Gasteiger partial charge in [-0.2, -0.15) is 0 Å². The monoisotopic (exact) mass is 485 g/mol. The van der Waals surface area contributed by atoms with Gasteiger partial charge >= 0.3 is 0 Å². The molecule has 0 aromatic heterocycles. The Kier molecular flexibility index (Phi) is 5.99. The molecule has 0 fully saturated rings. The summed E-state index contributed by atoms with van der Waals surface area (Å²) in [7, 11) is 0. The highest BCUT2D eigenvalue weighted by molar-refractivity contribution is 6.32. The second-order valence-electron chi connectivity index (χ2n) is 9.88. The van der Waals surface area contributed by atoms with Crippen molar-refractivity contribution in [3.63, 3.8) is 0 Å². The van der Waals surface area contributed by atoms with Crippen LogP contribution in [0.4, 0.5) is 5.69 Å². The molecule has 178 valence electrons. The van der Waals surface area contributed by atoms with Gasteiger partial charge in [-0.1, -0.05) is 61.7 Å². The number of terminal acetylenes is 1. The minimum Gasteiger partial charge on any atom is -0.490 e. The molecule has 35 heavy (non-hydrogen) atoms. The number of carbonyl (C=O) groups is 1. The Morgan fingerprint density at radius 1 is 1.14 bits per heavy atom. The smallest absolute Gasteiger partial charge is 0.181 e. The zero-order valence-corrected chi connectivity index (χ0v) is 21.0. The Balaban J connectivity index is 1.72. The summed E-state index contributed by atoms with van der Waals surface area (Å²) in [6.07, 6.45) is 6.70. The number of rotatable bonds is 5. The number of ether oxygens (including phenoxy) is 2. The zero-order chi connectivity index (χ0) is 24.7. The van der Waals surface area contributed by atoms with E-state index in [0.717, 1.165) is 45.2 Å². The maximum absolute atomic E-state index is 13.7. The van der Waals surface area contributed by atoms with E-state index in [1.807, 2.05) is 31.2 Å². The SMILES string of the molecule is C#CCOc1c(Cl)cc([C@@H]2Nc3ccc4ccccc4c3C3=C2C(=O)CC(C)(C)C3)cc1OCC. The van der Waals surface area contributed by atoms with Crippen LogP contribution in [0.25, 0.3) is 16.3 Å². The summed E-state index contributed by atoms with van der Waals surface area (Å²) in [6.45, 7) is 6.76. The fourth-order valence-corrected chi connectivity index (χ4v) is 5.63. The lowest BCUT2D eigenvalue weighted by atomic mass is 9.68. The third-order valence-electron chi connectivity index (χ3n) is 6.70. The second-order valence-corrected chi connectivity index (χ2v) is 10.3. The number of fused-ring (bicyclic) bond motifs is 4. The predicted molar refractivity (Wildman–Crippen MR) is 142 cm³/mol. The van der Waals surface area contributed by atoms with Gasteiger partial charge < -0.3 is 14.8 Å². The number of Topliss-reactive ketones (excluding diaryl/α,β-unsaturated/α-hetero) is 1. The lowest BCUT2D eigenvalue weighted by molar-refractivity contribution is -0.118. The molecule has 1 atom stereocenters. The van der Waals surface area contributed by atoms with E-state index in [-0.39, 0.29) is 23.8 Å². The van der Waals surface area contributed by atoms with E-state index in [0.29, 0.717) is 29.5 Å². The molecule has 0 spiro atoms. The van der Waals surface area contributed by atoms with Gasteiger partial charge in [0, 0.05) is 23.2 Å². The number of benzene rings is 3. The molecule has 0 unspecified atom stereocenters. The Morgan fingerprint density at radius 2 is 1.94 bits per heavy atom. The normalized spacial score (nSPS) is 18.4. The van der Waals surface area contributed by atoms with Crippen molar-refractivity contribution in [2.75, 3.05) is 18.5 Å². The molecule has 1 N–H and O–H groups in total. The summed E-state index contributed by atoms with van der Waals surface area (Å²) in [6, 6.07) is 16.0. The summed E-state index contributed by atoms with van der Waals surface area (Å²) in [4.78, 5) is 13.7. The van der Waals surface area contributed by atoms with Crippen LogP contribution in [0.15, 0.2) is 54.1 Å². The zero-order valence-electron chi connectivity index (χ0n) is 20.2. The van der Waals surface area contributed by atoms with Crippen LogP contribution in [-0.4, -0.2) is 19.0 Å². The molecule has 0 saturated heterocycles. The van der Waals surface area contributed by atoms with Gasteiger partial charge in [0.1, 0.15) is 6.61 Å². The van der Waals surface area contributed by atoms with Crippen LogP contribution in [-0.2, 0) is 4.79 Å². The molecule has 0 radical (unpaired) electrons. The molecule has 3 aromatic rings. The molecule has 1 aliphatic heterocycles. The maximum atomic E-state index is 13.7. The molecule has 1 aliphatic carbocycles. The van der Waals surface area contributed by atoms with Crippen molar-refractivity contribution in [1.29, 1.82) is 0 Å². The Labute approximate surface area is 211 Å². The van der Waals surface area contributed by atoms with Gasteiger partial charge in [0.25, 0.3) is 0 Å². The van der Waals surface area contributed by atoms with Crippen molar-refractivity contribution in [1.82, 2.24) is 0 Å². The summed E-state index contributed by atoms with van der Waals surface area (Å²) in [5.41, 5.74) is 4.80. The van der Waals surface area contributed by atoms with Crippen molar-refractivity contribution in [2.45, 2.75) is 39.7 Å². The summed E-state index contributed by atoms with van der Waals surface area (Å²) < 4.78 is 11.5. The van der Waals surface area contributed by atoms with Gasteiger partial charge in [-0.3, -0.25) is 4.79 Å². The Hall–Kier alpha value is -3.42. The van der Waals surface area contributed by atoms with Crippen molar-refractivity contribution in [2.24, 2.45) is 5.41 Å². The van der Waals surface area contributed by atoms with Crippen LogP contribution in [0, 0.1) is 17.8 Å². The first-order valence-electron chi connectivity index (χ1n) is 11.9. The molecule has 0 saturated carbocycles. The molecule has 5 heteroatoms. The average molecular weight is 486 g/mol. The second kappa shape index (κ2) is 8.98. The minimum atomic E-state index is -0.347. The van der Waals surface area contributed by atoms with E-state index in [1.165, 1.54) is 0 Å². The van der Waals surface area contributed by atoms with Crippen LogP contribution in [0.1, 0.15) is 50.8 Å². The van der Waals surface area contributed by atoms with E-state index < -0.39 is 0 Å². The lowest BCUT2D eigenvalue weighted by Gasteiger charge is -2.40. The quantitative estimate of drug-likeness (QED) is 0.388. The van der Waals surface area contributed by atoms with Crippen LogP contribution < -0.4 is 14.8 Å². The van der Waals surface area contributed by atoms with Crippen LogP contribution in [0.2, 0.25) is 5.02 Å². The number of ketones is 1. The highest BCUT2D eigenvalue weighted by Crippen LogP contribution is 2.53. The fraction of sp³-hybridized carbons (Fsp3) is 0.300. The molecule has 2 aliphatic rings. The summed E-state index contributed by atoms with van der Waals surface area (Å²) in [5, 5.41) is 6.37. The lowest BCUT2D eigenvalue weighted by Crippen LogP contribution is -2.33. The van der Waals surface area contributed by atoms with Gasteiger partial charge in [-0.05, 0) is 58.9 Å². The van der Waals surface area contributed by atoms with Gasteiger partial charge in [0.15, 0.2) is 17.3 Å². The number of hydrogen-bond donors (Lipinski definition) is 1. The van der Waals surface area contributed by atoms with Gasteiger partial charge in [0.05, 0.1) is 17.7 Å². The van der Waals surface area contributed by atoms with Gasteiger partial charge in [0.2, 0.25) is 0 Å². The molecule has 0 bridgehead atoms. The first-order chi connectivity index (χ1) is 16.8. The fourth-order valence-electron chi connectivity index (χ4n) is 5.36. The third-order valence-corrected chi connectivity index (χ3v) is 6.98. The number of anilines is 1. The first kappa shape index (κ1) is 23.3. The number of allylic oxidation sites excluding steroid dienone is 1. The van der Waals surface area contributed by atoms with Crippen LogP contribution in [0.3, 0.4) is 0 Å². The number of hydrogen-bond acceptors (Lipinski definition) is 4. The van der Waals surface area contributed by atoms with Crippen molar-refractivity contribution >= 4 is 39.4 Å². The minimum absolute atomic E-state index is 0.0874. The number of carbonyl (C=O) groups excluding carboxylic acids is 1. The van der Waals surface area contributed by atoms with E-state index in [4.69, 9.17) is 27.5 Å². The molecular formula is C30H28ClNO3. The van der Waals surface area contributed by atoms with Crippen molar-refractivity contribution < 1.29 is 14.3 Å². The van der Waals surface area contributed by atoms with E-state index >= 15 is 0 Å². The molecule has 4 nitrogen and oxygen atoms in total. The number of halogens is 1. The summed E-state index contributed by atoms with van der Waals surface area (Å²) in [5.74, 6) is 3.56. The molecular weight excluding hydrogens is 458 g/mol. The highest BCUT2D eigenvalue weighted by atomic mass is 35.5. The van der Waals surface area contributed by atoms with E-state index in [9.17, 15) is 4.79 Å². The van der Waals surface area contributed by atoms with Crippen LogP contribution in [0.5, 0.6) is 11.5 Å². The summed E-state index contributed by atoms with van der Waals surface area (Å²) >= 11 is 6.66. The van der Waals surface area contributed by atoms with Crippen molar-refractivity contribution in [3.05, 3.63) is 70.3 Å². The van der Waals surface area contributed by atoms with Crippen molar-refractivity contribution in [3.8, 4) is 23.8 Å². The average Bonchev–Trinajstić information content (AvgIpc) is 2.82. The third kappa shape index (κ3) is 4.15. The largest absolute Gasteiger partial charge is 0.490 e. The first-order valence-corrected chi connectivity index (χ1v) is 12.3. The Morgan fingerprint density at radius 3 is 2.71 bits per heavy atom. The van der Waals surface area contributed by atoms with Gasteiger partial charge in [-0.15, -0.1) is 6.42 Å². The Bertz CT molecular complexity index is 1410. The van der Waals surface area contributed by atoms with E-state index in [2.05, 4.69) is 49.4 Å². The molecule has 5 rings (SSSR count). The van der Waals surface area contributed by atoms with E-state index in [1.54, 1.807) is 0 Å². The molecule has 1 heterocycles. The standard InChI is InChI=1S/C30H28ClNO3/c1-5-13-35-29-22(31)14-19(15-25(29)34-6-2)28-27-21(16-30(3,4)17-24(27)33)26-20-10-8-7-9-18(20)11-12-23(26)32-28/h1,7-12,14-15,28,32H,6,13,16-17H2,2-4H3/t28-/m0/s1. The van der Waals surface area contributed by atoms with Gasteiger partial charge in [-0.25, -0.2) is 0 Å². The predicted octanol–water partition coefficient (Wildman–Crippen LogP) is 7.21. The molecule has 3 aromatic carbocycles.